The predicted octanol–water partition coefficient (Wildman–Crippen LogP) is 0.706. The lowest BCUT2D eigenvalue weighted by Crippen LogP contribution is -2.35. The van der Waals surface area contributed by atoms with Crippen LogP contribution in [0.5, 0.6) is 0 Å². The molecular formula is C13H18N2O2. The highest BCUT2D eigenvalue weighted by Crippen LogP contribution is 2.08. The van der Waals surface area contributed by atoms with Gasteiger partial charge in [-0.2, -0.15) is 0 Å². The maximum absolute atomic E-state index is 12.0. The molecule has 4 nitrogen and oxygen atoms in total. The minimum Gasteiger partial charge on any atom is -0.379 e. The lowest BCUT2D eigenvalue weighted by molar-refractivity contribution is 0.0930. The first kappa shape index (κ1) is 12.1. The van der Waals surface area contributed by atoms with Crippen molar-refractivity contribution >= 4 is 5.91 Å². The standard InChI is InChI=1S/C13H18N2O2/c14-6-4-10-2-1-3-11(8-10)13(16)15-12-5-7-17-9-12/h1-3,8,12H,4-7,9,14H2,(H,15,16). The number of hydrogen-bond donors (Lipinski definition) is 2. The number of rotatable bonds is 4. The molecule has 0 saturated carbocycles. The highest BCUT2D eigenvalue weighted by atomic mass is 16.5. The average molecular weight is 234 g/mol. The molecule has 1 atom stereocenters. The number of hydrogen-bond acceptors (Lipinski definition) is 3. The highest BCUT2D eigenvalue weighted by Gasteiger charge is 2.18. The molecule has 1 unspecified atom stereocenters. The molecule has 1 aliphatic rings. The van der Waals surface area contributed by atoms with Crippen molar-refractivity contribution in [3.05, 3.63) is 35.4 Å². The molecule has 0 spiro atoms. The Balaban J connectivity index is 1.99. The monoisotopic (exact) mass is 234 g/mol. The van der Waals surface area contributed by atoms with Crippen LogP contribution < -0.4 is 11.1 Å². The van der Waals surface area contributed by atoms with Gasteiger partial charge < -0.3 is 15.8 Å². The third-order valence-electron chi connectivity index (χ3n) is 2.89. The summed E-state index contributed by atoms with van der Waals surface area (Å²) < 4.78 is 5.22. The first-order valence-corrected chi connectivity index (χ1v) is 5.97. The summed E-state index contributed by atoms with van der Waals surface area (Å²) in [4.78, 5) is 12.0. The quantitative estimate of drug-likeness (QED) is 0.806. The summed E-state index contributed by atoms with van der Waals surface area (Å²) in [5.74, 6) is -0.0284. The van der Waals surface area contributed by atoms with Crippen LogP contribution in [0.15, 0.2) is 24.3 Å². The zero-order chi connectivity index (χ0) is 12.1. The molecule has 1 saturated heterocycles. The maximum Gasteiger partial charge on any atom is 0.251 e. The Hall–Kier alpha value is -1.39. The number of ether oxygens (including phenoxy) is 1. The number of nitrogens with one attached hydrogen (secondary N) is 1. The Kier molecular flexibility index (Phi) is 4.12. The Labute approximate surface area is 101 Å². The van der Waals surface area contributed by atoms with Crippen LogP contribution in [0.2, 0.25) is 0 Å². The second-order valence-corrected chi connectivity index (χ2v) is 4.27. The van der Waals surface area contributed by atoms with Gasteiger partial charge in [0, 0.05) is 12.2 Å². The number of carbonyl (C=O) groups excluding carboxylic acids is 1. The van der Waals surface area contributed by atoms with Crippen molar-refractivity contribution in [3.63, 3.8) is 0 Å². The summed E-state index contributed by atoms with van der Waals surface area (Å²) in [7, 11) is 0. The summed E-state index contributed by atoms with van der Waals surface area (Å²) in [5, 5.41) is 2.97. The van der Waals surface area contributed by atoms with E-state index in [4.69, 9.17) is 10.5 Å². The van der Waals surface area contributed by atoms with E-state index in [0.717, 1.165) is 25.0 Å². The summed E-state index contributed by atoms with van der Waals surface area (Å²) in [6.07, 6.45) is 1.70. The van der Waals surface area contributed by atoms with Crippen LogP contribution in [-0.2, 0) is 11.2 Å². The minimum atomic E-state index is -0.0284. The Morgan fingerprint density at radius 1 is 1.53 bits per heavy atom. The molecule has 1 aromatic rings. The van der Waals surface area contributed by atoms with E-state index in [1.54, 1.807) is 0 Å². The smallest absolute Gasteiger partial charge is 0.251 e. The van der Waals surface area contributed by atoms with E-state index in [0.29, 0.717) is 18.7 Å². The van der Waals surface area contributed by atoms with Crippen LogP contribution in [-0.4, -0.2) is 31.7 Å². The normalized spacial score (nSPS) is 19.2. The Morgan fingerprint density at radius 2 is 2.41 bits per heavy atom. The summed E-state index contributed by atoms with van der Waals surface area (Å²) in [6, 6.07) is 7.76. The molecule has 0 aliphatic carbocycles. The molecule has 1 aliphatic heterocycles. The molecule has 0 bridgehead atoms. The molecule has 1 aromatic carbocycles. The van der Waals surface area contributed by atoms with Gasteiger partial charge in [-0.3, -0.25) is 4.79 Å². The van der Waals surface area contributed by atoms with Crippen LogP contribution in [0.4, 0.5) is 0 Å². The van der Waals surface area contributed by atoms with Gasteiger partial charge in [-0.1, -0.05) is 12.1 Å². The van der Waals surface area contributed by atoms with Gasteiger partial charge in [0.25, 0.3) is 5.91 Å². The summed E-state index contributed by atoms with van der Waals surface area (Å²) in [5.41, 5.74) is 7.30. The van der Waals surface area contributed by atoms with Gasteiger partial charge in [0.2, 0.25) is 0 Å². The summed E-state index contributed by atoms with van der Waals surface area (Å²) in [6.45, 7) is 1.95. The van der Waals surface area contributed by atoms with E-state index in [-0.39, 0.29) is 11.9 Å². The predicted molar refractivity (Wildman–Crippen MR) is 65.9 cm³/mol. The van der Waals surface area contributed by atoms with Crippen molar-refractivity contribution in [3.8, 4) is 0 Å². The van der Waals surface area contributed by atoms with Gasteiger partial charge in [-0.15, -0.1) is 0 Å². The number of benzene rings is 1. The van der Waals surface area contributed by atoms with Crippen molar-refractivity contribution in [2.75, 3.05) is 19.8 Å². The van der Waals surface area contributed by atoms with Gasteiger partial charge in [-0.25, -0.2) is 0 Å². The zero-order valence-corrected chi connectivity index (χ0v) is 9.82. The van der Waals surface area contributed by atoms with Crippen molar-refractivity contribution < 1.29 is 9.53 Å². The van der Waals surface area contributed by atoms with Crippen molar-refractivity contribution in [1.82, 2.24) is 5.32 Å². The van der Waals surface area contributed by atoms with E-state index < -0.39 is 0 Å². The topological polar surface area (TPSA) is 64.4 Å². The lowest BCUT2D eigenvalue weighted by Gasteiger charge is -2.11. The Morgan fingerprint density at radius 3 is 3.12 bits per heavy atom. The van der Waals surface area contributed by atoms with Gasteiger partial charge in [0.1, 0.15) is 0 Å². The molecule has 1 amide bonds. The molecule has 2 rings (SSSR count). The number of nitrogens with two attached hydrogens (primary N) is 1. The van der Waals surface area contributed by atoms with Gasteiger partial charge in [-0.05, 0) is 37.1 Å². The second kappa shape index (κ2) is 5.80. The van der Waals surface area contributed by atoms with Crippen LogP contribution >= 0.6 is 0 Å². The zero-order valence-electron chi connectivity index (χ0n) is 9.82. The third kappa shape index (κ3) is 3.28. The molecule has 1 heterocycles. The fraction of sp³-hybridized carbons (Fsp3) is 0.462. The molecule has 17 heavy (non-hydrogen) atoms. The number of carbonyl (C=O) groups is 1. The molecule has 0 radical (unpaired) electrons. The van der Waals surface area contributed by atoms with E-state index in [9.17, 15) is 4.79 Å². The lowest BCUT2D eigenvalue weighted by atomic mass is 10.1. The van der Waals surface area contributed by atoms with Crippen LogP contribution in [0.3, 0.4) is 0 Å². The third-order valence-corrected chi connectivity index (χ3v) is 2.89. The van der Waals surface area contributed by atoms with Crippen molar-refractivity contribution in [2.45, 2.75) is 18.9 Å². The van der Waals surface area contributed by atoms with Crippen LogP contribution in [0.1, 0.15) is 22.3 Å². The van der Waals surface area contributed by atoms with E-state index >= 15 is 0 Å². The molecule has 0 aromatic heterocycles. The Bertz CT molecular complexity index is 387. The van der Waals surface area contributed by atoms with E-state index in [2.05, 4.69) is 5.32 Å². The summed E-state index contributed by atoms with van der Waals surface area (Å²) >= 11 is 0. The van der Waals surface area contributed by atoms with Crippen molar-refractivity contribution in [2.24, 2.45) is 5.73 Å². The van der Waals surface area contributed by atoms with E-state index in [1.807, 2.05) is 24.3 Å². The first-order valence-electron chi connectivity index (χ1n) is 5.97. The van der Waals surface area contributed by atoms with Crippen LogP contribution in [0.25, 0.3) is 0 Å². The highest BCUT2D eigenvalue weighted by molar-refractivity contribution is 5.94. The van der Waals surface area contributed by atoms with Gasteiger partial charge in [0.15, 0.2) is 0 Å². The molecule has 4 heteroatoms. The maximum atomic E-state index is 12.0. The molecular weight excluding hydrogens is 216 g/mol. The van der Waals surface area contributed by atoms with Gasteiger partial charge in [0.05, 0.1) is 12.6 Å². The van der Waals surface area contributed by atoms with E-state index in [1.165, 1.54) is 0 Å². The number of amides is 1. The fourth-order valence-electron chi connectivity index (χ4n) is 1.95. The molecule has 92 valence electrons. The SMILES string of the molecule is NCCc1cccc(C(=O)NC2CCOC2)c1. The first-order chi connectivity index (χ1) is 8.29. The fourth-order valence-corrected chi connectivity index (χ4v) is 1.95. The van der Waals surface area contributed by atoms with Gasteiger partial charge >= 0.3 is 0 Å². The molecule has 1 fully saturated rings. The minimum absolute atomic E-state index is 0.0284. The van der Waals surface area contributed by atoms with Crippen molar-refractivity contribution in [1.29, 1.82) is 0 Å². The average Bonchev–Trinajstić information content (AvgIpc) is 2.83. The van der Waals surface area contributed by atoms with Crippen LogP contribution in [0, 0.1) is 0 Å². The second-order valence-electron chi connectivity index (χ2n) is 4.27. The molecule has 3 N–H and O–H groups in total. The largest absolute Gasteiger partial charge is 0.379 e.